The van der Waals surface area contributed by atoms with E-state index in [9.17, 15) is 15.3 Å². The molecular weight excluding hydrogens is 236 g/mol. The molecule has 7 nitrogen and oxygen atoms in total. The van der Waals surface area contributed by atoms with Gasteiger partial charge in [-0.2, -0.15) is 0 Å². The van der Waals surface area contributed by atoms with Gasteiger partial charge in [-0.15, -0.1) is 0 Å². The average Bonchev–Trinajstić information content (AvgIpc) is 2.25. The summed E-state index contributed by atoms with van der Waals surface area (Å²) in [6, 6.07) is 0. The highest BCUT2D eigenvalue weighted by atomic mass is 32.1. The monoisotopic (exact) mass is 252 g/mol. The quantitative estimate of drug-likeness (QED) is 0.344. The highest BCUT2D eigenvalue weighted by Crippen LogP contribution is 2.21. The van der Waals surface area contributed by atoms with Crippen LogP contribution in [0.2, 0.25) is 0 Å². The lowest BCUT2D eigenvalue weighted by Crippen LogP contribution is -2.60. The molecule has 1 fully saturated rings. The molecule has 5 atom stereocenters. The molecule has 0 aromatic carbocycles. The standard InChI is InChI=1S/C8H16N2O5S/c1-14-7-6(13)5(12)4(11)3(15-7)2-10-8(9)16/h3-7,11-13H,2H2,1H3,(H3,9,10,16)/t3-,4-,5+,6-,7+/m1/s1. The van der Waals surface area contributed by atoms with E-state index < -0.39 is 30.7 Å². The summed E-state index contributed by atoms with van der Waals surface area (Å²) in [7, 11) is 1.33. The minimum Gasteiger partial charge on any atom is -0.388 e. The third-order valence-electron chi connectivity index (χ3n) is 2.38. The van der Waals surface area contributed by atoms with Gasteiger partial charge >= 0.3 is 0 Å². The lowest BCUT2D eigenvalue weighted by atomic mass is 9.99. The molecule has 1 heterocycles. The number of aliphatic hydroxyl groups is 3. The van der Waals surface area contributed by atoms with E-state index in [0.717, 1.165) is 0 Å². The first-order valence-corrected chi connectivity index (χ1v) is 5.14. The van der Waals surface area contributed by atoms with Gasteiger partial charge in [0.2, 0.25) is 0 Å². The van der Waals surface area contributed by atoms with Gasteiger partial charge < -0.3 is 35.8 Å². The number of thiocarbonyl (C=S) groups is 1. The van der Waals surface area contributed by atoms with Crippen molar-refractivity contribution in [1.82, 2.24) is 5.32 Å². The largest absolute Gasteiger partial charge is 0.388 e. The number of aliphatic hydroxyl groups excluding tert-OH is 3. The number of hydrogen-bond donors (Lipinski definition) is 5. The fourth-order valence-corrected chi connectivity index (χ4v) is 1.56. The van der Waals surface area contributed by atoms with Crippen molar-refractivity contribution in [3.63, 3.8) is 0 Å². The smallest absolute Gasteiger partial charge is 0.186 e. The van der Waals surface area contributed by atoms with Gasteiger partial charge in [-0.25, -0.2) is 0 Å². The average molecular weight is 252 g/mol. The third kappa shape index (κ3) is 3.00. The van der Waals surface area contributed by atoms with Crippen LogP contribution in [0.1, 0.15) is 0 Å². The van der Waals surface area contributed by atoms with E-state index in [1.54, 1.807) is 0 Å². The Balaban J connectivity index is 2.60. The first-order chi connectivity index (χ1) is 7.47. The molecular formula is C8H16N2O5S. The number of rotatable bonds is 3. The van der Waals surface area contributed by atoms with Gasteiger partial charge in [-0.3, -0.25) is 0 Å². The van der Waals surface area contributed by atoms with Gasteiger partial charge in [0.15, 0.2) is 11.4 Å². The SMILES string of the molecule is CO[C@H]1O[C@H](CNC(N)=S)[C@@H](O)[C@H](O)[C@H]1O. The molecule has 1 aliphatic rings. The summed E-state index contributed by atoms with van der Waals surface area (Å²) in [6.07, 6.45) is -5.61. The molecule has 0 unspecified atom stereocenters. The Kier molecular flexibility index (Phi) is 4.84. The first kappa shape index (κ1) is 13.6. The Labute approximate surface area is 98.1 Å². The normalized spacial score (nSPS) is 39.4. The van der Waals surface area contributed by atoms with E-state index in [-0.39, 0.29) is 11.7 Å². The summed E-state index contributed by atoms with van der Waals surface area (Å²) in [5.41, 5.74) is 5.22. The highest BCUT2D eigenvalue weighted by Gasteiger charge is 2.43. The minimum atomic E-state index is -1.34. The molecule has 0 aromatic heterocycles. The summed E-state index contributed by atoms with van der Waals surface area (Å²) < 4.78 is 10.0. The molecule has 6 N–H and O–H groups in total. The second-order valence-corrected chi connectivity index (χ2v) is 3.94. The molecule has 0 aromatic rings. The zero-order valence-corrected chi connectivity index (χ0v) is 9.55. The topological polar surface area (TPSA) is 117 Å². The molecule has 0 aliphatic carbocycles. The van der Waals surface area contributed by atoms with Crippen molar-refractivity contribution in [2.75, 3.05) is 13.7 Å². The molecule has 1 aliphatic heterocycles. The molecule has 0 bridgehead atoms. The van der Waals surface area contributed by atoms with Crippen molar-refractivity contribution in [2.24, 2.45) is 5.73 Å². The number of ether oxygens (including phenoxy) is 2. The zero-order valence-electron chi connectivity index (χ0n) is 8.74. The van der Waals surface area contributed by atoms with E-state index in [1.165, 1.54) is 7.11 Å². The van der Waals surface area contributed by atoms with E-state index >= 15 is 0 Å². The molecule has 0 amide bonds. The second kappa shape index (κ2) is 5.71. The third-order valence-corrected chi connectivity index (χ3v) is 2.52. The van der Waals surface area contributed by atoms with Gasteiger partial charge in [0.1, 0.15) is 24.4 Å². The van der Waals surface area contributed by atoms with Crippen molar-refractivity contribution >= 4 is 17.3 Å². The molecule has 0 saturated carbocycles. The molecule has 1 saturated heterocycles. The minimum absolute atomic E-state index is 0.0605. The van der Waals surface area contributed by atoms with Crippen LogP contribution in [-0.2, 0) is 9.47 Å². The van der Waals surface area contributed by atoms with Gasteiger partial charge in [0, 0.05) is 13.7 Å². The van der Waals surface area contributed by atoms with Crippen molar-refractivity contribution in [2.45, 2.75) is 30.7 Å². The maximum atomic E-state index is 9.62. The van der Waals surface area contributed by atoms with E-state index in [4.69, 9.17) is 15.2 Å². The molecule has 94 valence electrons. The summed E-state index contributed by atoms with van der Waals surface area (Å²) in [6.45, 7) is 0.125. The molecule has 0 spiro atoms. The van der Waals surface area contributed by atoms with E-state index in [2.05, 4.69) is 17.5 Å². The van der Waals surface area contributed by atoms with Crippen molar-refractivity contribution in [3.8, 4) is 0 Å². The van der Waals surface area contributed by atoms with Crippen LogP contribution in [0, 0.1) is 0 Å². The van der Waals surface area contributed by atoms with Crippen LogP contribution in [0.5, 0.6) is 0 Å². The summed E-state index contributed by atoms with van der Waals surface area (Å²) in [5, 5.41) is 31.3. The number of nitrogens with two attached hydrogens (primary N) is 1. The molecule has 1 rings (SSSR count). The highest BCUT2D eigenvalue weighted by molar-refractivity contribution is 7.80. The van der Waals surface area contributed by atoms with Crippen LogP contribution in [0.3, 0.4) is 0 Å². The summed E-state index contributed by atoms with van der Waals surface area (Å²) in [5.74, 6) is 0. The Hall–Kier alpha value is -0.510. The fourth-order valence-electron chi connectivity index (χ4n) is 1.48. The molecule has 8 heteroatoms. The lowest BCUT2D eigenvalue weighted by molar-refractivity contribution is -0.288. The number of hydrogen-bond acceptors (Lipinski definition) is 6. The van der Waals surface area contributed by atoms with Crippen LogP contribution in [0.15, 0.2) is 0 Å². The summed E-state index contributed by atoms with van der Waals surface area (Å²) >= 11 is 4.60. The van der Waals surface area contributed by atoms with E-state index in [0.29, 0.717) is 0 Å². The Bertz CT molecular complexity index is 253. The van der Waals surface area contributed by atoms with Gasteiger partial charge in [-0.1, -0.05) is 0 Å². The van der Waals surface area contributed by atoms with Crippen molar-refractivity contribution in [1.29, 1.82) is 0 Å². The Morgan fingerprint density at radius 3 is 2.50 bits per heavy atom. The maximum absolute atomic E-state index is 9.62. The van der Waals surface area contributed by atoms with E-state index in [1.807, 2.05) is 0 Å². The Morgan fingerprint density at radius 1 is 1.38 bits per heavy atom. The first-order valence-electron chi connectivity index (χ1n) is 4.73. The lowest BCUT2D eigenvalue weighted by Gasteiger charge is -2.39. The number of methoxy groups -OCH3 is 1. The summed E-state index contributed by atoms with van der Waals surface area (Å²) in [4.78, 5) is 0. The second-order valence-electron chi connectivity index (χ2n) is 3.50. The fraction of sp³-hybridized carbons (Fsp3) is 0.875. The van der Waals surface area contributed by atoms with Crippen LogP contribution in [-0.4, -0.2) is 64.8 Å². The maximum Gasteiger partial charge on any atom is 0.186 e. The zero-order chi connectivity index (χ0) is 12.3. The molecule has 0 radical (unpaired) electrons. The van der Waals surface area contributed by atoms with Crippen LogP contribution in [0.25, 0.3) is 0 Å². The Morgan fingerprint density at radius 2 is 2.00 bits per heavy atom. The van der Waals surface area contributed by atoms with Gasteiger partial charge in [-0.05, 0) is 12.2 Å². The van der Waals surface area contributed by atoms with Crippen LogP contribution in [0.4, 0.5) is 0 Å². The molecule has 16 heavy (non-hydrogen) atoms. The van der Waals surface area contributed by atoms with Crippen LogP contribution >= 0.6 is 12.2 Å². The van der Waals surface area contributed by atoms with Crippen molar-refractivity contribution < 1.29 is 24.8 Å². The predicted octanol–water partition coefficient (Wildman–Crippen LogP) is -2.73. The number of nitrogens with one attached hydrogen (secondary N) is 1. The van der Waals surface area contributed by atoms with Gasteiger partial charge in [0.25, 0.3) is 0 Å². The van der Waals surface area contributed by atoms with Crippen molar-refractivity contribution in [3.05, 3.63) is 0 Å². The van der Waals surface area contributed by atoms with Gasteiger partial charge in [0.05, 0.1) is 0 Å². The van der Waals surface area contributed by atoms with Crippen LogP contribution < -0.4 is 11.1 Å². The predicted molar refractivity (Wildman–Crippen MR) is 58.5 cm³/mol.